The fourth-order valence-corrected chi connectivity index (χ4v) is 3.82. The van der Waals surface area contributed by atoms with Gasteiger partial charge < -0.3 is 0 Å². The highest BCUT2D eigenvalue weighted by Crippen LogP contribution is 2.31. The highest BCUT2D eigenvalue weighted by atomic mass is 14.9. The van der Waals surface area contributed by atoms with E-state index in [1.807, 2.05) is 0 Å². The van der Waals surface area contributed by atoms with Crippen LogP contribution in [0.3, 0.4) is 0 Å². The van der Waals surface area contributed by atoms with Crippen molar-refractivity contribution >= 4 is 10.8 Å². The van der Waals surface area contributed by atoms with Crippen LogP contribution in [-0.4, -0.2) is 0 Å². The zero-order chi connectivity index (χ0) is 19.1. The fraction of sp³-hybridized carbons (Fsp3) is 0.400. The van der Waals surface area contributed by atoms with Gasteiger partial charge in [-0.25, -0.2) is 0 Å². The Morgan fingerprint density at radius 3 is 2.23 bits per heavy atom. The van der Waals surface area contributed by atoms with E-state index in [1.54, 1.807) is 0 Å². The van der Waals surface area contributed by atoms with Crippen molar-refractivity contribution in [1.82, 2.24) is 0 Å². The first-order valence-electron chi connectivity index (χ1n) is 9.72. The smallest absolute Gasteiger partial charge is 0.198 e. The Balaban J connectivity index is 2.27. The fourth-order valence-electron chi connectivity index (χ4n) is 3.82. The molecule has 1 aromatic heterocycles. The lowest BCUT2D eigenvalue weighted by Gasteiger charge is -2.18. The molecule has 0 aliphatic carbocycles. The minimum absolute atomic E-state index is 0.303. The van der Waals surface area contributed by atoms with Gasteiger partial charge >= 0.3 is 0 Å². The molecule has 0 amide bonds. The van der Waals surface area contributed by atoms with Crippen molar-refractivity contribution in [2.45, 2.75) is 54.4 Å². The topological polar surface area (TPSA) is 3.88 Å². The monoisotopic (exact) mass is 346 g/mol. The second-order valence-electron chi connectivity index (χ2n) is 8.86. The number of benzene rings is 2. The van der Waals surface area contributed by atoms with Crippen molar-refractivity contribution < 1.29 is 4.57 Å². The van der Waals surface area contributed by atoms with E-state index in [-0.39, 0.29) is 0 Å². The second-order valence-corrected chi connectivity index (χ2v) is 8.86. The Morgan fingerprint density at radius 1 is 0.885 bits per heavy atom. The summed E-state index contributed by atoms with van der Waals surface area (Å²) in [6.45, 7) is 13.6. The summed E-state index contributed by atoms with van der Waals surface area (Å²) in [5, 5.41) is 2.69. The average molecular weight is 347 g/mol. The molecule has 1 heterocycles. The maximum absolute atomic E-state index is 2.39. The molecule has 0 aliphatic rings. The van der Waals surface area contributed by atoms with Crippen LogP contribution in [0.2, 0.25) is 0 Å². The van der Waals surface area contributed by atoms with E-state index < -0.39 is 0 Å². The molecule has 0 spiro atoms. The van der Waals surface area contributed by atoms with Crippen molar-refractivity contribution in [1.29, 1.82) is 0 Å². The van der Waals surface area contributed by atoms with Gasteiger partial charge in [0.25, 0.3) is 0 Å². The number of hydrogen-bond donors (Lipinski definition) is 0. The van der Waals surface area contributed by atoms with Crippen molar-refractivity contribution in [2.24, 2.45) is 12.5 Å². The maximum atomic E-state index is 2.39. The highest BCUT2D eigenvalue weighted by molar-refractivity contribution is 5.94. The third-order valence-corrected chi connectivity index (χ3v) is 5.30. The van der Waals surface area contributed by atoms with Crippen LogP contribution >= 0.6 is 0 Å². The number of aryl methyl sites for hydroxylation is 3. The first kappa shape index (κ1) is 18.6. The zero-order valence-corrected chi connectivity index (χ0v) is 17.4. The SMILES string of the molecule is CCc1ccc(C)c(-c2c3ccc(CC(C)(C)C)cc3cc(C)[n+]2C)c1. The summed E-state index contributed by atoms with van der Waals surface area (Å²) in [5.41, 5.74) is 8.43. The summed E-state index contributed by atoms with van der Waals surface area (Å²) >= 11 is 0. The molecular formula is C25H32N+. The Bertz CT molecular complexity index is 958. The molecule has 0 saturated carbocycles. The van der Waals surface area contributed by atoms with Gasteiger partial charge in [0, 0.05) is 18.6 Å². The highest BCUT2D eigenvalue weighted by Gasteiger charge is 2.21. The standard InChI is InChI=1S/C25H32N/c1-8-19-10-9-17(2)23(15-19)24-22-12-11-20(16-25(4,5)6)14-21(22)13-18(3)26(24)7/h9-15H,8,16H2,1-7H3/q+1. The van der Waals surface area contributed by atoms with Crippen LogP contribution in [0.25, 0.3) is 22.0 Å². The third-order valence-electron chi connectivity index (χ3n) is 5.30. The Hall–Kier alpha value is -2.15. The minimum Gasteiger partial charge on any atom is -0.198 e. The minimum atomic E-state index is 0.303. The van der Waals surface area contributed by atoms with E-state index in [2.05, 4.69) is 95.6 Å². The summed E-state index contributed by atoms with van der Waals surface area (Å²) in [6.07, 6.45) is 2.17. The largest absolute Gasteiger partial charge is 0.220 e. The quantitative estimate of drug-likeness (QED) is 0.505. The van der Waals surface area contributed by atoms with Crippen LogP contribution < -0.4 is 4.57 Å². The normalized spacial score (nSPS) is 12.0. The Labute approximate surface area is 158 Å². The molecule has 0 atom stereocenters. The lowest BCUT2D eigenvalue weighted by Crippen LogP contribution is -2.35. The van der Waals surface area contributed by atoms with Gasteiger partial charge in [-0.15, -0.1) is 0 Å². The van der Waals surface area contributed by atoms with Crippen LogP contribution in [0.1, 0.15) is 50.1 Å². The van der Waals surface area contributed by atoms with E-state index in [0.29, 0.717) is 5.41 Å². The van der Waals surface area contributed by atoms with E-state index in [4.69, 9.17) is 0 Å². The molecule has 2 aromatic carbocycles. The van der Waals surface area contributed by atoms with Crippen molar-refractivity contribution in [2.75, 3.05) is 0 Å². The molecule has 0 saturated heterocycles. The van der Waals surface area contributed by atoms with E-state index in [9.17, 15) is 0 Å². The summed E-state index contributed by atoms with van der Waals surface area (Å²) < 4.78 is 2.34. The zero-order valence-electron chi connectivity index (χ0n) is 17.4. The molecule has 0 aliphatic heterocycles. The number of rotatable bonds is 3. The number of nitrogens with zero attached hydrogens (tertiary/aromatic N) is 1. The van der Waals surface area contributed by atoms with Gasteiger partial charge in [0.15, 0.2) is 5.69 Å². The van der Waals surface area contributed by atoms with Gasteiger partial charge in [-0.2, -0.15) is 4.57 Å². The Kier molecular flexibility index (Phi) is 4.92. The molecule has 1 heteroatoms. The number of aromatic nitrogens is 1. The van der Waals surface area contributed by atoms with Crippen molar-refractivity contribution in [3.05, 3.63) is 64.8 Å². The molecule has 0 unspecified atom stereocenters. The predicted octanol–water partition coefficient (Wildman–Crippen LogP) is 6.10. The number of hydrogen-bond acceptors (Lipinski definition) is 0. The number of fused-ring (bicyclic) bond motifs is 1. The first-order valence-corrected chi connectivity index (χ1v) is 9.72. The second kappa shape index (κ2) is 6.87. The maximum Gasteiger partial charge on any atom is 0.220 e. The molecule has 0 radical (unpaired) electrons. The first-order chi connectivity index (χ1) is 12.2. The molecule has 3 rings (SSSR count). The van der Waals surface area contributed by atoms with Gasteiger partial charge in [0.05, 0.1) is 5.39 Å². The Morgan fingerprint density at radius 2 is 1.58 bits per heavy atom. The van der Waals surface area contributed by atoms with Crippen LogP contribution in [-0.2, 0) is 19.9 Å². The molecule has 3 aromatic rings. The molecule has 26 heavy (non-hydrogen) atoms. The van der Waals surface area contributed by atoms with Crippen molar-refractivity contribution in [3.8, 4) is 11.3 Å². The molecular weight excluding hydrogens is 314 g/mol. The summed E-state index contributed by atoms with van der Waals surface area (Å²) in [6, 6.07) is 16.2. The van der Waals surface area contributed by atoms with Crippen molar-refractivity contribution in [3.63, 3.8) is 0 Å². The summed E-state index contributed by atoms with van der Waals surface area (Å²) in [7, 11) is 2.19. The molecule has 136 valence electrons. The lowest BCUT2D eigenvalue weighted by atomic mass is 9.87. The van der Waals surface area contributed by atoms with E-state index >= 15 is 0 Å². The van der Waals surface area contributed by atoms with Gasteiger partial charge in [-0.05, 0) is 59.4 Å². The van der Waals surface area contributed by atoms with Crippen LogP contribution in [0.15, 0.2) is 42.5 Å². The number of pyridine rings is 1. The van der Waals surface area contributed by atoms with Gasteiger partial charge in [0.2, 0.25) is 5.69 Å². The van der Waals surface area contributed by atoms with Crippen LogP contribution in [0.4, 0.5) is 0 Å². The van der Waals surface area contributed by atoms with Gasteiger partial charge in [-0.1, -0.05) is 52.0 Å². The molecule has 0 N–H and O–H groups in total. The lowest BCUT2D eigenvalue weighted by molar-refractivity contribution is -0.665. The molecule has 0 fully saturated rings. The van der Waals surface area contributed by atoms with E-state index in [0.717, 1.165) is 12.8 Å². The average Bonchev–Trinajstić information content (AvgIpc) is 2.56. The van der Waals surface area contributed by atoms with Crippen LogP contribution in [0, 0.1) is 19.3 Å². The predicted molar refractivity (Wildman–Crippen MR) is 113 cm³/mol. The van der Waals surface area contributed by atoms with E-state index in [1.165, 1.54) is 44.4 Å². The summed E-state index contributed by atoms with van der Waals surface area (Å²) in [5.74, 6) is 0. The van der Waals surface area contributed by atoms with Gasteiger partial charge in [-0.3, -0.25) is 0 Å². The van der Waals surface area contributed by atoms with Crippen LogP contribution in [0.5, 0.6) is 0 Å². The molecule has 1 nitrogen and oxygen atoms in total. The summed E-state index contributed by atoms with van der Waals surface area (Å²) in [4.78, 5) is 0. The van der Waals surface area contributed by atoms with Gasteiger partial charge in [0.1, 0.15) is 7.05 Å². The molecule has 0 bridgehead atoms. The third kappa shape index (κ3) is 3.67.